The van der Waals surface area contributed by atoms with Gasteiger partial charge in [-0.1, -0.05) is 6.07 Å². The van der Waals surface area contributed by atoms with E-state index in [4.69, 9.17) is 4.74 Å². The molecule has 8 nitrogen and oxygen atoms in total. The summed E-state index contributed by atoms with van der Waals surface area (Å²) in [6, 6.07) is 10.1. The summed E-state index contributed by atoms with van der Waals surface area (Å²) in [6.45, 7) is 2.81. The fourth-order valence-electron chi connectivity index (χ4n) is 2.83. The number of nitrogens with one attached hydrogen (secondary N) is 2. The molecule has 2 aromatic carbocycles. The van der Waals surface area contributed by atoms with Gasteiger partial charge in [0, 0.05) is 11.8 Å². The molecule has 0 spiro atoms. The van der Waals surface area contributed by atoms with Crippen molar-refractivity contribution < 1.29 is 31.9 Å². The number of hydrogen-bond donors (Lipinski definition) is 2. The Labute approximate surface area is 190 Å². The molecule has 0 radical (unpaired) electrons. The molecule has 0 bridgehead atoms. The maximum Gasteiger partial charge on any atom is 0.416 e. The van der Waals surface area contributed by atoms with Crippen molar-refractivity contribution in [3.05, 3.63) is 87.6 Å². The highest BCUT2D eigenvalue weighted by molar-refractivity contribution is 5.94. The number of alkyl halides is 3. The first-order valence-electron chi connectivity index (χ1n) is 9.77. The molecule has 0 saturated heterocycles. The number of carbonyl (C=O) groups excluding carboxylic acids is 2. The van der Waals surface area contributed by atoms with Gasteiger partial charge in [-0.15, -0.1) is 0 Å². The molecule has 1 aromatic heterocycles. The number of benzene rings is 2. The van der Waals surface area contributed by atoms with Gasteiger partial charge in [0.15, 0.2) is 11.8 Å². The zero-order valence-electron chi connectivity index (χ0n) is 17.8. The third-order valence-corrected chi connectivity index (χ3v) is 4.54. The lowest BCUT2D eigenvalue weighted by Crippen LogP contribution is -2.48. The number of carbonyl (C=O) groups is 2. The average Bonchev–Trinajstić information content (AvgIpc) is 2.78. The summed E-state index contributed by atoms with van der Waals surface area (Å²) in [6.07, 6.45) is -5.70. The SMILES string of the molecule is Cc1cc(=O)c(C(=O)NNC(=O)C(C)Oc2ccc(F)cc2)nn1-c1cccc(C(F)(F)F)c1. The summed E-state index contributed by atoms with van der Waals surface area (Å²) < 4.78 is 58.4. The highest BCUT2D eigenvalue weighted by atomic mass is 19.4. The van der Waals surface area contributed by atoms with Crippen LogP contribution in [0.2, 0.25) is 0 Å². The second kappa shape index (κ2) is 9.73. The van der Waals surface area contributed by atoms with Crippen LogP contribution in [0.25, 0.3) is 5.69 Å². The molecule has 178 valence electrons. The Hall–Kier alpha value is -4.22. The predicted molar refractivity (Wildman–Crippen MR) is 112 cm³/mol. The molecular formula is C22H18F4N4O4. The topological polar surface area (TPSA) is 102 Å². The van der Waals surface area contributed by atoms with Crippen LogP contribution in [0.5, 0.6) is 5.75 Å². The zero-order chi connectivity index (χ0) is 25.0. The van der Waals surface area contributed by atoms with Crippen molar-refractivity contribution in [2.75, 3.05) is 0 Å². The first-order valence-corrected chi connectivity index (χ1v) is 9.77. The van der Waals surface area contributed by atoms with Gasteiger partial charge < -0.3 is 4.74 Å². The Bertz CT molecular complexity index is 1270. The molecule has 0 saturated carbocycles. The van der Waals surface area contributed by atoms with E-state index in [9.17, 15) is 31.9 Å². The van der Waals surface area contributed by atoms with E-state index in [1.807, 2.05) is 5.43 Å². The molecular weight excluding hydrogens is 460 g/mol. The highest BCUT2D eigenvalue weighted by Gasteiger charge is 2.30. The number of ether oxygens (including phenoxy) is 1. The summed E-state index contributed by atoms with van der Waals surface area (Å²) in [7, 11) is 0. The van der Waals surface area contributed by atoms with Crippen molar-refractivity contribution in [3.8, 4) is 11.4 Å². The van der Waals surface area contributed by atoms with E-state index in [-0.39, 0.29) is 17.1 Å². The van der Waals surface area contributed by atoms with Crippen LogP contribution in [0, 0.1) is 12.7 Å². The number of halogens is 4. The number of amides is 2. The van der Waals surface area contributed by atoms with Gasteiger partial charge in [-0.25, -0.2) is 9.07 Å². The molecule has 0 aliphatic carbocycles. The number of nitrogens with zero attached hydrogens (tertiary/aromatic N) is 2. The van der Waals surface area contributed by atoms with Crippen molar-refractivity contribution in [2.45, 2.75) is 26.1 Å². The van der Waals surface area contributed by atoms with Gasteiger partial charge in [-0.3, -0.25) is 25.2 Å². The third-order valence-electron chi connectivity index (χ3n) is 4.54. The van der Waals surface area contributed by atoms with E-state index in [1.165, 1.54) is 38.1 Å². The van der Waals surface area contributed by atoms with Gasteiger partial charge in [0.2, 0.25) is 5.43 Å². The number of aromatic nitrogens is 2. The van der Waals surface area contributed by atoms with Crippen LogP contribution < -0.4 is 21.0 Å². The van der Waals surface area contributed by atoms with E-state index in [2.05, 4.69) is 10.5 Å². The Morgan fingerprint density at radius 3 is 2.38 bits per heavy atom. The molecule has 2 amide bonds. The first-order chi connectivity index (χ1) is 16.0. The van der Waals surface area contributed by atoms with Crippen LogP contribution in [0.3, 0.4) is 0 Å². The lowest BCUT2D eigenvalue weighted by atomic mass is 10.2. The molecule has 34 heavy (non-hydrogen) atoms. The van der Waals surface area contributed by atoms with Gasteiger partial charge in [0.1, 0.15) is 11.6 Å². The maximum absolute atomic E-state index is 13.0. The van der Waals surface area contributed by atoms with Gasteiger partial charge in [-0.05, 0) is 56.3 Å². The number of aryl methyl sites for hydroxylation is 1. The predicted octanol–water partition coefficient (Wildman–Crippen LogP) is 2.93. The van der Waals surface area contributed by atoms with Crippen LogP contribution >= 0.6 is 0 Å². The lowest BCUT2D eigenvalue weighted by molar-refractivity contribution is -0.137. The third kappa shape index (κ3) is 5.77. The van der Waals surface area contributed by atoms with Crippen molar-refractivity contribution in [3.63, 3.8) is 0 Å². The minimum Gasteiger partial charge on any atom is -0.481 e. The summed E-state index contributed by atoms with van der Waals surface area (Å²) in [5.74, 6) is -2.16. The van der Waals surface area contributed by atoms with Crippen LogP contribution in [0.15, 0.2) is 59.4 Å². The standard InChI is InChI=1S/C22H18F4N4O4/c1-12-10-18(31)19(29-30(12)16-5-3-4-14(11-16)22(24,25)26)21(33)28-27-20(32)13(2)34-17-8-6-15(23)7-9-17/h3-11,13H,1-2H3,(H,27,32)(H,28,33). The molecule has 2 N–H and O–H groups in total. The molecule has 0 aliphatic rings. The number of rotatable bonds is 5. The van der Waals surface area contributed by atoms with E-state index < -0.39 is 46.6 Å². The van der Waals surface area contributed by atoms with Crippen molar-refractivity contribution in [1.29, 1.82) is 0 Å². The van der Waals surface area contributed by atoms with Crippen LogP contribution in [-0.2, 0) is 11.0 Å². The van der Waals surface area contributed by atoms with Gasteiger partial charge >= 0.3 is 6.18 Å². The van der Waals surface area contributed by atoms with Crippen LogP contribution in [0.4, 0.5) is 17.6 Å². The zero-order valence-corrected chi connectivity index (χ0v) is 17.8. The van der Waals surface area contributed by atoms with E-state index >= 15 is 0 Å². The smallest absolute Gasteiger partial charge is 0.416 e. The summed E-state index contributed by atoms with van der Waals surface area (Å²) in [5, 5.41) is 3.87. The Kier molecular flexibility index (Phi) is 6.99. The van der Waals surface area contributed by atoms with Crippen molar-refractivity contribution >= 4 is 11.8 Å². The molecule has 1 unspecified atom stereocenters. The summed E-state index contributed by atoms with van der Waals surface area (Å²) >= 11 is 0. The van der Waals surface area contributed by atoms with Gasteiger partial charge in [-0.2, -0.15) is 18.3 Å². The molecule has 1 atom stereocenters. The van der Waals surface area contributed by atoms with E-state index in [0.29, 0.717) is 0 Å². The molecule has 3 rings (SSSR count). The molecule has 3 aromatic rings. The molecule has 1 heterocycles. The van der Waals surface area contributed by atoms with E-state index in [1.54, 1.807) is 0 Å². The number of hydrogen-bond acceptors (Lipinski definition) is 5. The fourth-order valence-corrected chi connectivity index (χ4v) is 2.83. The number of hydrazine groups is 1. The fraction of sp³-hybridized carbons (Fsp3) is 0.182. The Balaban J connectivity index is 1.74. The normalized spacial score (nSPS) is 12.1. The summed E-state index contributed by atoms with van der Waals surface area (Å²) in [5.41, 5.74) is 1.86. The molecule has 12 heteroatoms. The lowest BCUT2D eigenvalue weighted by Gasteiger charge is -2.16. The van der Waals surface area contributed by atoms with E-state index in [0.717, 1.165) is 35.0 Å². The quantitative estimate of drug-likeness (QED) is 0.434. The van der Waals surface area contributed by atoms with Gasteiger partial charge in [0.25, 0.3) is 11.8 Å². The van der Waals surface area contributed by atoms with Gasteiger partial charge in [0.05, 0.1) is 11.3 Å². The van der Waals surface area contributed by atoms with Crippen molar-refractivity contribution in [2.24, 2.45) is 0 Å². The Morgan fingerprint density at radius 2 is 1.74 bits per heavy atom. The largest absolute Gasteiger partial charge is 0.481 e. The minimum absolute atomic E-state index is 0.0215. The highest BCUT2D eigenvalue weighted by Crippen LogP contribution is 2.30. The second-order valence-corrected chi connectivity index (χ2v) is 7.12. The van der Waals surface area contributed by atoms with Crippen LogP contribution in [0.1, 0.15) is 28.7 Å². The minimum atomic E-state index is -4.60. The molecule has 0 aliphatic heterocycles. The Morgan fingerprint density at radius 1 is 1.06 bits per heavy atom. The first kappa shape index (κ1) is 24.4. The monoisotopic (exact) mass is 478 g/mol. The molecule has 0 fully saturated rings. The van der Waals surface area contributed by atoms with Crippen molar-refractivity contribution in [1.82, 2.24) is 20.6 Å². The summed E-state index contributed by atoms with van der Waals surface area (Å²) in [4.78, 5) is 36.9. The maximum atomic E-state index is 13.0. The average molecular weight is 478 g/mol. The second-order valence-electron chi connectivity index (χ2n) is 7.12. The van der Waals surface area contributed by atoms with Crippen LogP contribution in [-0.4, -0.2) is 27.7 Å².